The van der Waals surface area contributed by atoms with E-state index < -0.39 is 0 Å². The molecule has 2 aromatic rings. The molecule has 1 aliphatic rings. The van der Waals surface area contributed by atoms with Crippen LogP contribution in [0.2, 0.25) is 0 Å². The van der Waals surface area contributed by atoms with Gasteiger partial charge in [0, 0.05) is 25.7 Å². The van der Waals surface area contributed by atoms with E-state index in [0.717, 1.165) is 24.5 Å². The lowest BCUT2D eigenvalue weighted by molar-refractivity contribution is -0.385. The second-order valence-electron chi connectivity index (χ2n) is 4.66. The Morgan fingerprint density at radius 1 is 1.40 bits per heavy atom. The fourth-order valence-corrected chi connectivity index (χ4v) is 2.86. The first-order chi connectivity index (χ1) is 9.65. The average molecular weight is 338 g/mol. The number of benzene rings is 1. The zero-order chi connectivity index (χ0) is 14.1. The van der Waals surface area contributed by atoms with Crippen LogP contribution in [0.15, 0.2) is 29.0 Å². The van der Waals surface area contributed by atoms with Crippen molar-refractivity contribution >= 4 is 21.6 Å². The Morgan fingerprint density at radius 3 is 3.05 bits per heavy atom. The minimum Gasteiger partial charge on any atom is -0.315 e. The summed E-state index contributed by atoms with van der Waals surface area (Å²) < 4.78 is 2.58. The number of rotatable bonds is 3. The van der Waals surface area contributed by atoms with Crippen LogP contribution in [-0.4, -0.2) is 31.1 Å². The van der Waals surface area contributed by atoms with E-state index in [-0.39, 0.29) is 10.6 Å². The smallest absolute Gasteiger partial charge is 0.283 e. The van der Waals surface area contributed by atoms with Gasteiger partial charge in [-0.3, -0.25) is 15.0 Å². The van der Waals surface area contributed by atoms with Gasteiger partial charge in [-0.2, -0.15) is 0 Å². The van der Waals surface area contributed by atoms with Gasteiger partial charge >= 0.3 is 0 Å². The summed E-state index contributed by atoms with van der Waals surface area (Å²) in [5.41, 5.74) is 1.01. The van der Waals surface area contributed by atoms with Crippen molar-refractivity contribution in [2.24, 2.45) is 0 Å². The van der Waals surface area contributed by atoms with Gasteiger partial charge in [-0.05, 0) is 21.5 Å². The topological polar surface area (TPSA) is 77.1 Å². The predicted octanol–water partition coefficient (Wildman–Crippen LogP) is 1.96. The molecule has 0 fully saturated rings. The second-order valence-corrected chi connectivity index (χ2v) is 5.45. The van der Waals surface area contributed by atoms with Crippen molar-refractivity contribution in [3.63, 3.8) is 0 Å². The van der Waals surface area contributed by atoms with Crippen LogP contribution in [0.1, 0.15) is 11.4 Å². The van der Waals surface area contributed by atoms with Gasteiger partial charge in [0.25, 0.3) is 5.69 Å². The van der Waals surface area contributed by atoms with E-state index in [1.807, 2.05) is 10.6 Å². The Balaban J connectivity index is 1.79. The SMILES string of the molecule is O=[N+]([O-])c1cccc(CN2CCn3cnnc3C2)c1Br. The van der Waals surface area contributed by atoms with Crippen molar-refractivity contribution in [2.75, 3.05) is 6.54 Å². The lowest BCUT2D eigenvalue weighted by atomic mass is 10.2. The number of halogens is 1. The molecule has 0 saturated carbocycles. The van der Waals surface area contributed by atoms with Gasteiger partial charge in [-0.25, -0.2) is 0 Å². The van der Waals surface area contributed by atoms with Crippen molar-refractivity contribution in [3.8, 4) is 0 Å². The summed E-state index contributed by atoms with van der Waals surface area (Å²) in [4.78, 5) is 12.8. The fraction of sp³-hybridized carbons (Fsp3) is 0.333. The quantitative estimate of drug-likeness (QED) is 0.632. The molecule has 0 N–H and O–H groups in total. The van der Waals surface area contributed by atoms with Crippen LogP contribution < -0.4 is 0 Å². The van der Waals surface area contributed by atoms with Gasteiger partial charge in [0.15, 0.2) is 0 Å². The summed E-state index contributed by atoms with van der Waals surface area (Å²) in [6.07, 6.45) is 1.73. The largest absolute Gasteiger partial charge is 0.315 e. The number of aromatic nitrogens is 3. The van der Waals surface area contributed by atoms with E-state index in [1.165, 1.54) is 6.07 Å². The highest BCUT2D eigenvalue weighted by Gasteiger charge is 2.20. The first-order valence-electron chi connectivity index (χ1n) is 6.16. The monoisotopic (exact) mass is 337 g/mol. The number of nitro benzene ring substituents is 1. The molecule has 20 heavy (non-hydrogen) atoms. The van der Waals surface area contributed by atoms with E-state index in [0.29, 0.717) is 17.6 Å². The molecule has 3 rings (SSSR count). The summed E-state index contributed by atoms with van der Waals surface area (Å²) in [7, 11) is 0. The standard InChI is InChI=1S/C12H12BrN5O2/c13-12-9(2-1-3-10(12)18(19)20)6-16-4-5-17-8-14-15-11(17)7-16/h1-3,8H,4-7H2. The summed E-state index contributed by atoms with van der Waals surface area (Å²) >= 11 is 3.33. The molecule has 0 radical (unpaired) electrons. The highest BCUT2D eigenvalue weighted by Crippen LogP contribution is 2.29. The molecule has 1 aromatic carbocycles. The average Bonchev–Trinajstić information content (AvgIpc) is 2.88. The fourth-order valence-electron chi connectivity index (χ4n) is 2.32. The summed E-state index contributed by atoms with van der Waals surface area (Å²) in [6.45, 7) is 3.07. The van der Waals surface area contributed by atoms with Crippen LogP contribution in [0.25, 0.3) is 0 Å². The van der Waals surface area contributed by atoms with Crippen LogP contribution in [0.5, 0.6) is 0 Å². The molecule has 0 spiro atoms. The highest BCUT2D eigenvalue weighted by molar-refractivity contribution is 9.10. The Kier molecular flexibility index (Phi) is 3.49. The van der Waals surface area contributed by atoms with Gasteiger partial charge in [0.2, 0.25) is 0 Å². The van der Waals surface area contributed by atoms with E-state index in [9.17, 15) is 10.1 Å². The van der Waals surface area contributed by atoms with E-state index in [2.05, 4.69) is 31.0 Å². The van der Waals surface area contributed by atoms with Crippen LogP contribution in [0.4, 0.5) is 5.69 Å². The maximum absolute atomic E-state index is 10.9. The number of hydrogen-bond donors (Lipinski definition) is 0. The molecule has 104 valence electrons. The highest BCUT2D eigenvalue weighted by atomic mass is 79.9. The molecule has 0 aliphatic carbocycles. The van der Waals surface area contributed by atoms with E-state index in [4.69, 9.17) is 0 Å². The van der Waals surface area contributed by atoms with Gasteiger partial charge < -0.3 is 4.57 Å². The molecule has 0 atom stereocenters. The lowest BCUT2D eigenvalue weighted by Crippen LogP contribution is -2.33. The molecule has 1 aliphatic heterocycles. The Morgan fingerprint density at radius 2 is 2.25 bits per heavy atom. The number of fused-ring (bicyclic) bond motifs is 1. The van der Waals surface area contributed by atoms with Gasteiger partial charge in [-0.15, -0.1) is 10.2 Å². The van der Waals surface area contributed by atoms with Gasteiger partial charge in [0.1, 0.15) is 12.2 Å². The first-order valence-corrected chi connectivity index (χ1v) is 6.95. The zero-order valence-electron chi connectivity index (χ0n) is 10.6. The summed E-state index contributed by atoms with van der Waals surface area (Å²) in [5, 5.41) is 18.9. The Bertz CT molecular complexity index is 657. The van der Waals surface area contributed by atoms with Crippen LogP contribution in [0.3, 0.4) is 0 Å². The van der Waals surface area contributed by atoms with E-state index >= 15 is 0 Å². The zero-order valence-corrected chi connectivity index (χ0v) is 12.2. The van der Waals surface area contributed by atoms with Gasteiger partial charge in [0.05, 0.1) is 15.9 Å². The maximum atomic E-state index is 10.9. The Hall–Kier alpha value is -1.80. The van der Waals surface area contributed by atoms with E-state index in [1.54, 1.807) is 12.4 Å². The number of hydrogen-bond acceptors (Lipinski definition) is 5. The summed E-state index contributed by atoms with van der Waals surface area (Å²) in [5.74, 6) is 0.929. The molecular formula is C12H12BrN5O2. The maximum Gasteiger partial charge on any atom is 0.283 e. The minimum absolute atomic E-state index is 0.0997. The normalized spacial score (nSPS) is 15.1. The van der Waals surface area contributed by atoms with Crippen LogP contribution in [-0.2, 0) is 19.6 Å². The third-order valence-corrected chi connectivity index (χ3v) is 4.28. The molecule has 1 aromatic heterocycles. The summed E-state index contributed by atoms with van der Waals surface area (Å²) in [6, 6.07) is 5.11. The van der Waals surface area contributed by atoms with Crippen LogP contribution in [0, 0.1) is 10.1 Å². The van der Waals surface area contributed by atoms with Crippen molar-refractivity contribution in [1.29, 1.82) is 0 Å². The molecule has 7 nitrogen and oxygen atoms in total. The Labute approximate surface area is 123 Å². The molecule has 2 heterocycles. The van der Waals surface area contributed by atoms with Crippen LogP contribution >= 0.6 is 15.9 Å². The third kappa shape index (κ3) is 2.44. The minimum atomic E-state index is -0.375. The first kappa shape index (κ1) is 13.2. The molecule has 0 saturated heterocycles. The van der Waals surface area contributed by atoms with Crippen molar-refractivity contribution in [1.82, 2.24) is 19.7 Å². The lowest BCUT2D eigenvalue weighted by Gasteiger charge is -2.27. The molecule has 8 heteroatoms. The number of nitrogens with zero attached hydrogens (tertiary/aromatic N) is 5. The molecular weight excluding hydrogens is 326 g/mol. The van der Waals surface area contributed by atoms with Crippen molar-refractivity contribution < 1.29 is 4.92 Å². The molecule has 0 amide bonds. The molecule has 0 unspecified atom stereocenters. The van der Waals surface area contributed by atoms with Crippen molar-refractivity contribution in [3.05, 3.63) is 50.5 Å². The number of nitro groups is 1. The third-order valence-electron chi connectivity index (χ3n) is 3.37. The van der Waals surface area contributed by atoms with Crippen molar-refractivity contribution in [2.45, 2.75) is 19.6 Å². The second kappa shape index (κ2) is 5.29. The molecule has 0 bridgehead atoms. The van der Waals surface area contributed by atoms with Gasteiger partial charge in [-0.1, -0.05) is 12.1 Å². The predicted molar refractivity (Wildman–Crippen MR) is 74.9 cm³/mol.